The van der Waals surface area contributed by atoms with Crippen LogP contribution < -0.4 is 10.0 Å². The molecule has 4 heterocycles. The van der Waals surface area contributed by atoms with Crippen molar-refractivity contribution >= 4 is 55.4 Å². The number of aromatic amines is 1. The second-order valence-corrected chi connectivity index (χ2v) is 16.4. The number of rotatable bonds is 11. The SMILES string of the molecule is CC(C)c1nc2nc([C@H](Cc3cc(F)cc(F)c3)NC(=O)Cn3nc(C(F)F)c4c3C(F)(F)C[C@@H]4C)c(-c3ccc(Cl)c4c(NS(C)(=O)=O)nn(C)c34)cc2[nH]1. The van der Waals surface area contributed by atoms with Gasteiger partial charge in [-0.2, -0.15) is 19.0 Å². The number of halogens is 7. The molecule has 1 amide bonds. The predicted molar refractivity (Wildman–Crippen MR) is 196 cm³/mol. The van der Waals surface area contributed by atoms with Gasteiger partial charge in [0.15, 0.2) is 11.5 Å². The minimum atomic E-state index is -3.82. The van der Waals surface area contributed by atoms with Crippen LogP contribution in [0.3, 0.4) is 0 Å². The number of nitrogens with one attached hydrogen (secondary N) is 3. The molecule has 6 aromatic rings. The van der Waals surface area contributed by atoms with Gasteiger partial charge in [0.1, 0.15) is 35.4 Å². The number of pyridine rings is 1. The number of hydrogen-bond acceptors (Lipinski definition) is 7. The number of aromatic nitrogens is 7. The Labute approximate surface area is 320 Å². The smallest absolute Gasteiger partial charge is 0.290 e. The summed E-state index contributed by atoms with van der Waals surface area (Å²) in [5, 5.41) is 11.2. The third-order valence-corrected chi connectivity index (χ3v) is 10.4. The minimum absolute atomic E-state index is 0.0720. The van der Waals surface area contributed by atoms with Crippen LogP contribution in [-0.2, 0) is 40.8 Å². The number of sulfonamides is 1. The van der Waals surface area contributed by atoms with Crippen molar-refractivity contribution < 1.29 is 39.6 Å². The van der Waals surface area contributed by atoms with Gasteiger partial charge < -0.3 is 10.3 Å². The van der Waals surface area contributed by atoms with Crippen molar-refractivity contribution in [1.29, 1.82) is 0 Å². The van der Waals surface area contributed by atoms with Gasteiger partial charge in [-0.05, 0) is 42.2 Å². The van der Waals surface area contributed by atoms with Crippen molar-refractivity contribution in [3.63, 3.8) is 0 Å². The molecule has 0 bridgehead atoms. The maximum absolute atomic E-state index is 15.2. The number of carbonyl (C=O) groups excluding carboxylic acids is 1. The third-order valence-electron chi connectivity index (χ3n) is 9.52. The number of nitrogens with zero attached hydrogens (tertiary/aromatic N) is 6. The zero-order chi connectivity index (χ0) is 40.6. The Bertz CT molecular complexity index is 2640. The van der Waals surface area contributed by atoms with Crippen LogP contribution in [0.1, 0.15) is 85.5 Å². The van der Waals surface area contributed by atoms with Crippen molar-refractivity contribution in [2.75, 3.05) is 11.0 Å². The number of fused-ring (bicyclic) bond motifs is 3. The van der Waals surface area contributed by atoms with Gasteiger partial charge in [-0.15, -0.1) is 0 Å². The van der Waals surface area contributed by atoms with E-state index in [2.05, 4.69) is 30.2 Å². The molecule has 20 heteroatoms. The Kier molecular flexibility index (Phi) is 9.83. The van der Waals surface area contributed by atoms with Gasteiger partial charge in [-0.3, -0.25) is 18.9 Å². The molecule has 1 aliphatic carbocycles. The second kappa shape index (κ2) is 14.1. The van der Waals surface area contributed by atoms with Gasteiger partial charge in [-0.1, -0.05) is 38.4 Å². The van der Waals surface area contributed by atoms with Crippen molar-refractivity contribution in [3.05, 3.63) is 87.1 Å². The standard InChI is InChI=1S/C36H34ClF6N9O3S/c1-15(2)33-45-24-12-21(20-6-7-22(37)27-30(20)51(4)49-35(27)50-56(5,54)55)28(46-34(24)47-33)23(10-17-8-18(38)11-19(39)9-17)44-25(53)14-52-31-26(29(48-52)32(40)41)16(3)13-36(31,42)43/h6-9,11-12,15-16,23,32H,10,13-14H2,1-5H3,(H,44,53)(H,49,50)(H,45,46,47)/t16-,23-/m0/s1. The molecule has 2 atom stereocenters. The largest absolute Gasteiger partial charge is 0.346 e. The fourth-order valence-electron chi connectivity index (χ4n) is 7.35. The number of hydrogen-bond donors (Lipinski definition) is 3. The first-order valence-electron chi connectivity index (χ1n) is 17.3. The average Bonchev–Trinajstić information content (AvgIpc) is 3.81. The molecular weight excluding hydrogens is 788 g/mol. The average molecular weight is 822 g/mol. The van der Waals surface area contributed by atoms with Crippen molar-refractivity contribution in [2.45, 2.75) is 70.4 Å². The highest BCUT2D eigenvalue weighted by molar-refractivity contribution is 7.92. The molecule has 0 fully saturated rings. The highest BCUT2D eigenvalue weighted by Gasteiger charge is 2.50. The molecule has 0 aliphatic heterocycles. The predicted octanol–water partition coefficient (Wildman–Crippen LogP) is 7.77. The van der Waals surface area contributed by atoms with Gasteiger partial charge in [0.05, 0.1) is 39.4 Å². The van der Waals surface area contributed by atoms with Gasteiger partial charge in [0.2, 0.25) is 15.9 Å². The van der Waals surface area contributed by atoms with Gasteiger partial charge in [0, 0.05) is 42.1 Å². The van der Waals surface area contributed by atoms with Crippen LogP contribution in [0.2, 0.25) is 5.02 Å². The number of anilines is 1. The summed E-state index contributed by atoms with van der Waals surface area (Å²) in [6, 6.07) is 6.29. The lowest BCUT2D eigenvalue weighted by atomic mass is 9.94. The summed E-state index contributed by atoms with van der Waals surface area (Å²) in [6.07, 6.45) is -3.28. The maximum Gasteiger partial charge on any atom is 0.290 e. The summed E-state index contributed by atoms with van der Waals surface area (Å²) in [5.74, 6) is -6.87. The quantitative estimate of drug-likeness (QED) is 0.113. The molecule has 0 spiro atoms. The normalized spacial score (nSPS) is 16.0. The van der Waals surface area contributed by atoms with E-state index in [1.54, 1.807) is 19.2 Å². The molecular formula is C36H34ClF6N9O3S. The number of carbonyl (C=O) groups is 1. The molecule has 0 saturated carbocycles. The summed E-state index contributed by atoms with van der Waals surface area (Å²) >= 11 is 6.62. The summed E-state index contributed by atoms with van der Waals surface area (Å²) in [5.41, 5.74) is -0.0776. The molecule has 296 valence electrons. The van der Waals surface area contributed by atoms with E-state index in [-0.39, 0.29) is 51.0 Å². The van der Waals surface area contributed by atoms with Crippen molar-refractivity contribution in [1.82, 2.24) is 39.8 Å². The summed E-state index contributed by atoms with van der Waals surface area (Å²) in [6.45, 7) is 4.26. The molecule has 3 N–H and O–H groups in total. The summed E-state index contributed by atoms with van der Waals surface area (Å²) in [4.78, 5) is 26.6. The van der Waals surface area contributed by atoms with Gasteiger partial charge in [-0.25, -0.2) is 35.9 Å². The van der Waals surface area contributed by atoms with Gasteiger partial charge >= 0.3 is 0 Å². The fraction of sp³-hybridized carbons (Fsp3) is 0.361. The first-order valence-corrected chi connectivity index (χ1v) is 19.5. The monoisotopic (exact) mass is 821 g/mol. The highest BCUT2D eigenvalue weighted by atomic mass is 35.5. The van der Waals surface area contributed by atoms with Crippen LogP contribution in [0.15, 0.2) is 36.4 Å². The van der Waals surface area contributed by atoms with E-state index in [1.807, 2.05) is 13.8 Å². The van der Waals surface area contributed by atoms with Crippen LogP contribution in [0.4, 0.5) is 32.2 Å². The second-order valence-electron chi connectivity index (χ2n) is 14.3. The molecule has 0 unspecified atom stereocenters. The first kappa shape index (κ1) is 39.1. The molecule has 12 nitrogen and oxygen atoms in total. The maximum atomic E-state index is 15.2. The summed E-state index contributed by atoms with van der Waals surface area (Å²) < 4.78 is 116. The zero-order valence-corrected chi connectivity index (χ0v) is 31.9. The Balaban J connectivity index is 1.42. The van der Waals surface area contributed by atoms with E-state index < -0.39 is 76.2 Å². The Hall–Kier alpha value is -5.17. The molecule has 1 aliphatic rings. The lowest BCUT2D eigenvalue weighted by Crippen LogP contribution is -2.35. The summed E-state index contributed by atoms with van der Waals surface area (Å²) in [7, 11) is -2.27. The van der Waals surface area contributed by atoms with Crippen molar-refractivity contribution in [2.24, 2.45) is 7.05 Å². The van der Waals surface area contributed by atoms with Crippen LogP contribution in [0.5, 0.6) is 0 Å². The van der Waals surface area contributed by atoms with Gasteiger partial charge in [0.25, 0.3) is 12.3 Å². The third kappa shape index (κ3) is 7.29. The molecule has 4 aromatic heterocycles. The minimum Gasteiger partial charge on any atom is -0.346 e. The van der Waals surface area contributed by atoms with E-state index in [1.165, 1.54) is 17.7 Å². The number of amides is 1. The number of imidazole rings is 1. The Morgan fingerprint density at radius 3 is 2.39 bits per heavy atom. The highest BCUT2D eigenvalue weighted by Crippen LogP contribution is 2.51. The van der Waals surface area contributed by atoms with Crippen LogP contribution >= 0.6 is 11.6 Å². The number of H-pyrrole nitrogens is 1. The molecule has 0 saturated heterocycles. The molecule has 0 radical (unpaired) electrons. The zero-order valence-electron chi connectivity index (χ0n) is 30.4. The Morgan fingerprint density at radius 1 is 1.05 bits per heavy atom. The van der Waals surface area contributed by atoms with E-state index in [4.69, 9.17) is 16.6 Å². The molecule has 56 heavy (non-hydrogen) atoms. The number of alkyl halides is 4. The molecule has 7 rings (SSSR count). The van der Waals surface area contributed by atoms with E-state index in [9.17, 15) is 30.8 Å². The van der Waals surface area contributed by atoms with E-state index in [0.717, 1.165) is 18.4 Å². The van der Waals surface area contributed by atoms with E-state index >= 15 is 8.78 Å². The lowest BCUT2D eigenvalue weighted by Gasteiger charge is -2.23. The Morgan fingerprint density at radius 2 is 1.75 bits per heavy atom. The van der Waals surface area contributed by atoms with Crippen LogP contribution in [0, 0.1) is 11.6 Å². The first-order chi connectivity index (χ1) is 26.2. The van der Waals surface area contributed by atoms with Crippen LogP contribution in [-0.4, -0.2) is 55.1 Å². The lowest BCUT2D eigenvalue weighted by molar-refractivity contribution is -0.122. The van der Waals surface area contributed by atoms with Crippen molar-refractivity contribution in [3.8, 4) is 11.1 Å². The van der Waals surface area contributed by atoms with Crippen LogP contribution in [0.25, 0.3) is 33.2 Å². The number of benzene rings is 2. The topological polar surface area (TPSA) is 152 Å². The number of aryl methyl sites for hydroxylation is 1. The van der Waals surface area contributed by atoms with E-state index in [0.29, 0.717) is 38.7 Å². The molecule has 2 aromatic carbocycles. The fourth-order valence-corrected chi connectivity index (χ4v) is 8.09.